The molecule has 1 saturated heterocycles. The minimum absolute atomic E-state index is 0.130. The summed E-state index contributed by atoms with van der Waals surface area (Å²) >= 11 is 0. The van der Waals surface area contributed by atoms with Crippen LogP contribution in [0.2, 0.25) is 0 Å². The average molecular weight is 447 g/mol. The Morgan fingerprint density at radius 1 is 1.06 bits per heavy atom. The number of hydrogen-bond donors (Lipinski definition) is 0. The quantitative estimate of drug-likeness (QED) is 0.559. The lowest BCUT2D eigenvalue weighted by Crippen LogP contribution is -2.40. The van der Waals surface area contributed by atoms with Crippen LogP contribution in [-0.4, -0.2) is 38.7 Å². The minimum Gasteiger partial charge on any atom is -0.337 e. The molecule has 1 atom stereocenters. The van der Waals surface area contributed by atoms with Gasteiger partial charge < -0.3 is 4.90 Å². The van der Waals surface area contributed by atoms with E-state index < -0.39 is 0 Å². The van der Waals surface area contributed by atoms with Gasteiger partial charge in [0.1, 0.15) is 11.5 Å². The maximum atomic E-state index is 13.6. The Balaban J connectivity index is 1.29. The third-order valence-corrected chi connectivity index (χ3v) is 7.02. The fourth-order valence-corrected chi connectivity index (χ4v) is 5.25. The fraction of sp³-hybridized carbons (Fsp3) is 0.444. The number of amides is 1. The van der Waals surface area contributed by atoms with Crippen molar-refractivity contribution < 1.29 is 9.18 Å². The van der Waals surface area contributed by atoms with Crippen molar-refractivity contribution in [3.05, 3.63) is 82.2 Å². The van der Waals surface area contributed by atoms with Crippen molar-refractivity contribution in [1.29, 1.82) is 0 Å². The number of halogens is 1. The van der Waals surface area contributed by atoms with Crippen molar-refractivity contribution in [3.8, 4) is 0 Å². The van der Waals surface area contributed by atoms with Crippen molar-refractivity contribution in [1.82, 2.24) is 19.7 Å². The molecule has 33 heavy (non-hydrogen) atoms. The summed E-state index contributed by atoms with van der Waals surface area (Å²) in [5.41, 5.74) is 6.33. The van der Waals surface area contributed by atoms with Crippen molar-refractivity contribution in [2.24, 2.45) is 0 Å². The topological polar surface area (TPSA) is 51.0 Å². The number of rotatable bonds is 5. The molecule has 0 saturated carbocycles. The predicted octanol–water partition coefficient (Wildman–Crippen LogP) is 4.93. The first kappa shape index (κ1) is 21.8. The van der Waals surface area contributed by atoms with E-state index >= 15 is 0 Å². The van der Waals surface area contributed by atoms with E-state index in [1.54, 1.807) is 0 Å². The van der Waals surface area contributed by atoms with Crippen LogP contribution in [0.15, 0.2) is 42.6 Å². The van der Waals surface area contributed by atoms with E-state index in [2.05, 4.69) is 19.1 Å². The zero-order valence-corrected chi connectivity index (χ0v) is 19.3. The first-order valence-electron chi connectivity index (χ1n) is 12.2. The highest BCUT2D eigenvalue weighted by molar-refractivity contribution is 5.94. The van der Waals surface area contributed by atoms with Crippen molar-refractivity contribution in [2.45, 2.75) is 64.3 Å². The van der Waals surface area contributed by atoms with E-state index in [1.807, 2.05) is 27.9 Å². The molecule has 2 aliphatic rings. The summed E-state index contributed by atoms with van der Waals surface area (Å²) < 4.78 is 15.1. The van der Waals surface area contributed by atoms with Gasteiger partial charge in [-0.2, -0.15) is 5.10 Å². The smallest absolute Gasteiger partial charge is 0.272 e. The lowest BCUT2D eigenvalue weighted by molar-refractivity contribution is 0.0692. The van der Waals surface area contributed by atoms with Crippen LogP contribution in [0, 0.1) is 5.82 Å². The van der Waals surface area contributed by atoms with Gasteiger partial charge in [-0.1, -0.05) is 18.2 Å². The number of pyridine rings is 1. The van der Waals surface area contributed by atoms with Crippen LogP contribution in [0.3, 0.4) is 0 Å². The van der Waals surface area contributed by atoms with Gasteiger partial charge in [0, 0.05) is 43.0 Å². The van der Waals surface area contributed by atoms with Crippen LogP contribution in [0.5, 0.6) is 0 Å². The molecular formula is C27H31FN4O. The molecule has 3 aromatic rings. The van der Waals surface area contributed by atoms with E-state index in [-0.39, 0.29) is 17.6 Å². The number of nitrogens with zero attached hydrogens (tertiary/aromatic N) is 4. The molecule has 5 rings (SSSR count). The molecule has 0 spiro atoms. The molecule has 0 radical (unpaired) electrons. The van der Waals surface area contributed by atoms with Crippen molar-refractivity contribution in [3.63, 3.8) is 0 Å². The zero-order valence-electron chi connectivity index (χ0n) is 19.3. The molecule has 6 heteroatoms. The summed E-state index contributed by atoms with van der Waals surface area (Å²) in [6.07, 6.45) is 8.92. The highest BCUT2D eigenvalue weighted by atomic mass is 19.1. The molecule has 3 heterocycles. The van der Waals surface area contributed by atoms with Crippen LogP contribution < -0.4 is 0 Å². The SMILES string of the molecule is CCn1nc2c(c1C(=O)N1CCC[C@H](c3ccc(Cc4ccc(F)cc4)cn3)C1)CCCC2. The average Bonchev–Trinajstić information content (AvgIpc) is 3.24. The van der Waals surface area contributed by atoms with E-state index in [0.717, 1.165) is 86.2 Å². The highest BCUT2D eigenvalue weighted by Gasteiger charge is 2.31. The lowest BCUT2D eigenvalue weighted by atomic mass is 9.92. The lowest BCUT2D eigenvalue weighted by Gasteiger charge is -2.33. The second-order valence-electron chi connectivity index (χ2n) is 9.28. The van der Waals surface area contributed by atoms with Gasteiger partial charge in [-0.25, -0.2) is 4.39 Å². The van der Waals surface area contributed by atoms with Gasteiger partial charge in [0.25, 0.3) is 5.91 Å². The molecule has 1 fully saturated rings. The van der Waals surface area contributed by atoms with E-state index in [0.29, 0.717) is 6.54 Å². The Kier molecular flexibility index (Phi) is 6.25. The third kappa shape index (κ3) is 4.56. The second-order valence-corrected chi connectivity index (χ2v) is 9.28. The number of carbonyl (C=O) groups is 1. The molecule has 2 aromatic heterocycles. The number of hydrogen-bond acceptors (Lipinski definition) is 3. The number of piperidine rings is 1. The minimum atomic E-state index is -0.217. The van der Waals surface area contributed by atoms with Crippen LogP contribution in [0.4, 0.5) is 4.39 Å². The number of aromatic nitrogens is 3. The molecule has 1 aliphatic carbocycles. The molecule has 0 bridgehead atoms. The van der Waals surface area contributed by atoms with Gasteiger partial charge in [0.2, 0.25) is 0 Å². The van der Waals surface area contributed by atoms with Gasteiger partial charge in [0.05, 0.1) is 5.69 Å². The molecule has 0 N–H and O–H groups in total. The largest absolute Gasteiger partial charge is 0.337 e. The van der Waals surface area contributed by atoms with Crippen LogP contribution in [0.1, 0.15) is 77.1 Å². The Morgan fingerprint density at radius 3 is 2.61 bits per heavy atom. The third-order valence-electron chi connectivity index (χ3n) is 7.02. The summed E-state index contributed by atoms with van der Waals surface area (Å²) in [7, 11) is 0. The Labute approximate surface area is 194 Å². The number of carbonyl (C=O) groups excluding carboxylic acids is 1. The standard InChI is InChI=1S/C27H31FN4O/c1-2-32-26(23-7-3-4-8-25(23)30-32)27(33)31-15-5-6-21(18-31)24-14-11-20(17-29-24)16-19-9-12-22(28)13-10-19/h9-14,17,21H,2-8,15-16,18H2,1H3/t21-/m0/s1. The maximum Gasteiger partial charge on any atom is 0.272 e. The first-order chi connectivity index (χ1) is 16.1. The highest BCUT2D eigenvalue weighted by Crippen LogP contribution is 2.30. The number of aryl methyl sites for hydroxylation is 2. The summed E-state index contributed by atoms with van der Waals surface area (Å²) in [5.74, 6) is 0.160. The molecule has 0 unspecified atom stereocenters. The molecular weight excluding hydrogens is 415 g/mol. The van der Waals surface area contributed by atoms with Crippen LogP contribution >= 0.6 is 0 Å². The molecule has 1 amide bonds. The van der Waals surface area contributed by atoms with Gasteiger partial charge in [-0.05, 0) is 81.2 Å². The van der Waals surface area contributed by atoms with E-state index in [4.69, 9.17) is 10.1 Å². The molecule has 5 nitrogen and oxygen atoms in total. The van der Waals surface area contributed by atoms with Gasteiger partial charge in [-0.15, -0.1) is 0 Å². The number of likely N-dealkylation sites (tertiary alicyclic amines) is 1. The first-order valence-corrected chi connectivity index (χ1v) is 12.2. The Morgan fingerprint density at radius 2 is 1.85 bits per heavy atom. The maximum absolute atomic E-state index is 13.6. The summed E-state index contributed by atoms with van der Waals surface area (Å²) in [6, 6.07) is 10.8. The summed E-state index contributed by atoms with van der Waals surface area (Å²) in [5, 5.41) is 4.75. The molecule has 1 aromatic carbocycles. The van der Waals surface area contributed by atoms with Gasteiger partial charge in [-0.3, -0.25) is 14.5 Å². The fourth-order valence-electron chi connectivity index (χ4n) is 5.25. The zero-order chi connectivity index (χ0) is 22.8. The normalized spacial score (nSPS) is 18.2. The van der Waals surface area contributed by atoms with Crippen molar-refractivity contribution >= 4 is 5.91 Å². The van der Waals surface area contributed by atoms with Gasteiger partial charge >= 0.3 is 0 Å². The summed E-state index contributed by atoms with van der Waals surface area (Å²) in [6.45, 7) is 4.28. The van der Waals surface area contributed by atoms with E-state index in [9.17, 15) is 9.18 Å². The van der Waals surface area contributed by atoms with Crippen LogP contribution in [-0.2, 0) is 25.8 Å². The molecule has 172 valence electrons. The molecule has 1 aliphatic heterocycles. The monoisotopic (exact) mass is 446 g/mol. The number of benzene rings is 1. The van der Waals surface area contributed by atoms with E-state index in [1.165, 1.54) is 17.7 Å². The van der Waals surface area contributed by atoms with Crippen molar-refractivity contribution in [2.75, 3.05) is 13.1 Å². The predicted molar refractivity (Wildman–Crippen MR) is 126 cm³/mol. The number of fused-ring (bicyclic) bond motifs is 1. The van der Waals surface area contributed by atoms with Gasteiger partial charge in [0.15, 0.2) is 0 Å². The Hall–Kier alpha value is -3.02. The Bertz CT molecular complexity index is 1120. The summed E-state index contributed by atoms with van der Waals surface area (Å²) in [4.78, 5) is 20.3. The second kappa shape index (κ2) is 9.46. The van der Waals surface area contributed by atoms with Crippen LogP contribution in [0.25, 0.3) is 0 Å².